The van der Waals surface area contributed by atoms with Crippen LogP contribution in [0.1, 0.15) is 77.6 Å². The number of unbranched alkanes of at least 4 members (excludes halogenated alkanes) is 5. The van der Waals surface area contributed by atoms with Gasteiger partial charge in [-0.3, -0.25) is 9.59 Å². The van der Waals surface area contributed by atoms with Gasteiger partial charge in [0.2, 0.25) is 0 Å². The lowest BCUT2D eigenvalue weighted by atomic mass is 10.1. The van der Waals surface area contributed by atoms with Crippen molar-refractivity contribution in [3.63, 3.8) is 0 Å². The average Bonchev–Trinajstić information content (AvgIpc) is 3.24. The molecule has 1 aromatic heterocycles. The Morgan fingerprint density at radius 1 is 0.576 bits per heavy atom. The third-order valence-electron chi connectivity index (χ3n) is 9.16. The fourth-order valence-electron chi connectivity index (χ4n) is 5.90. The van der Waals surface area contributed by atoms with Crippen LogP contribution in [0.25, 0.3) is 22.3 Å². The molecule has 0 bridgehead atoms. The molecule has 12 nitrogen and oxygen atoms in total. The number of carbonyl (C=O) groups is 4. The molecular formula is C47H44N2O10. The number of aromatic hydroxyl groups is 1. The van der Waals surface area contributed by atoms with Crippen LogP contribution in [0.4, 0.5) is 0 Å². The molecule has 0 radical (unpaired) electrons. The van der Waals surface area contributed by atoms with Crippen LogP contribution in [0.3, 0.4) is 0 Å². The van der Waals surface area contributed by atoms with Gasteiger partial charge in [-0.25, -0.2) is 19.6 Å². The van der Waals surface area contributed by atoms with Gasteiger partial charge in [0.15, 0.2) is 5.82 Å². The molecule has 0 saturated carbocycles. The molecule has 0 spiro atoms. The molecular weight excluding hydrogens is 753 g/mol. The first-order valence-corrected chi connectivity index (χ1v) is 19.5. The first kappa shape index (κ1) is 41.6. The Balaban J connectivity index is 0.776. The van der Waals surface area contributed by atoms with Crippen LogP contribution in [0, 0.1) is 6.92 Å². The van der Waals surface area contributed by atoms with Gasteiger partial charge in [-0.05, 0) is 98.6 Å². The van der Waals surface area contributed by atoms with E-state index in [4.69, 9.17) is 23.7 Å². The van der Waals surface area contributed by atoms with Gasteiger partial charge in [-0.15, -0.1) is 0 Å². The number of para-hydroxylation sites is 1. The molecule has 0 saturated heterocycles. The van der Waals surface area contributed by atoms with E-state index in [2.05, 4.69) is 9.97 Å². The maximum absolute atomic E-state index is 12.6. The monoisotopic (exact) mass is 796 g/mol. The van der Waals surface area contributed by atoms with Crippen LogP contribution in [-0.2, 0) is 14.3 Å². The second-order valence-electron chi connectivity index (χ2n) is 13.7. The number of aryl methyl sites for hydroxylation is 1. The number of fused-ring (bicyclic) bond motifs is 1. The topological polar surface area (TPSA) is 160 Å². The van der Waals surface area contributed by atoms with Crippen LogP contribution < -0.4 is 18.9 Å². The molecule has 1 heterocycles. The third kappa shape index (κ3) is 12.7. The van der Waals surface area contributed by atoms with Gasteiger partial charge in [0.05, 0.1) is 48.3 Å². The molecule has 302 valence electrons. The van der Waals surface area contributed by atoms with Crippen molar-refractivity contribution in [3.05, 3.63) is 138 Å². The van der Waals surface area contributed by atoms with Crippen LogP contribution >= 0.6 is 0 Å². The van der Waals surface area contributed by atoms with Crippen molar-refractivity contribution < 1.29 is 48.0 Å². The van der Waals surface area contributed by atoms with Crippen molar-refractivity contribution in [2.75, 3.05) is 13.2 Å². The molecule has 0 unspecified atom stereocenters. The highest BCUT2D eigenvalue weighted by Crippen LogP contribution is 2.31. The summed E-state index contributed by atoms with van der Waals surface area (Å²) in [6.45, 7) is 2.76. The summed E-state index contributed by atoms with van der Waals surface area (Å²) in [6, 6.07) is 32.0. The first-order valence-electron chi connectivity index (χ1n) is 19.5. The highest BCUT2D eigenvalue weighted by molar-refractivity contribution is 5.92. The van der Waals surface area contributed by atoms with Crippen molar-refractivity contribution >= 4 is 34.8 Å². The Bertz CT molecular complexity index is 2360. The normalized spacial score (nSPS) is 10.8. The predicted octanol–water partition coefficient (Wildman–Crippen LogP) is 9.40. The minimum atomic E-state index is -0.613. The molecule has 0 aliphatic carbocycles. The summed E-state index contributed by atoms with van der Waals surface area (Å²) in [4.78, 5) is 58.2. The number of phenols is 1. The largest absolute Gasteiger partial charge is 0.507 e. The van der Waals surface area contributed by atoms with Crippen molar-refractivity contribution in [2.24, 2.45) is 0 Å². The number of benzene rings is 5. The molecule has 6 rings (SSSR count). The summed E-state index contributed by atoms with van der Waals surface area (Å²) < 4.78 is 27.2. The SMILES string of the molecule is Cc1ccc(C(=O)Oc2ccc(OC(=O)c3ccc(OCCCCCCCCOC(=O)CCC(=O)Oc4ccc(-c5ncc6ccccc6n5)c(O)c4)cc3)cc2)cc1. The lowest BCUT2D eigenvalue weighted by Crippen LogP contribution is -2.12. The summed E-state index contributed by atoms with van der Waals surface area (Å²) in [5, 5.41) is 11.4. The fourth-order valence-corrected chi connectivity index (χ4v) is 5.90. The molecule has 59 heavy (non-hydrogen) atoms. The summed E-state index contributed by atoms with van der Waals surface area (Å²) in [5.74, 6) is -0.414. The molecule has 0 aliphatic rings. The number of carbonyl (C=O) groups excluding carboxylic acids is 4. The lowest BCUT2D eigenvalue weighted by Gasteiger charge is -2.09. The summed E-state index contributed by atoms with van der Waals surface area (Å²) in [5.41, 5.74) is 3.00. The molecule has 1 N–H and O–H groups in total. The van der Waals surface area contributed by atoms with E-state index in [0.717, 1.165) is 55.0 Å². The van der Waals surface area contributed by atoms with Crippen LogP contribution in [0.15, 0.2) is 121 Å². The fraction of sp³-hybridized carbons (Fsp3) is 0.234. The molecule has 0 amide bonds. The van der Waals surface area contributed by atoms with Crippen LogP contribution in [0.5, 0.6) is 28.7 Å². The molecule has 0 atom stereocenters. The third-order valence-corrected chi connectivity index (χ3v) is 9.16. The van der Waals surface area contributed by atoms with Crippen molar-refractivity contribution in [1.82, 2.24) is 9.97 Å². The summed E-state index contributed by atoms with van der Waals surface area (Å²) in [6.07, 6.45) is 6.90. The Morgan fingerprint density at radius 3 is 1.80 bits per heavy atom. The van der Waals surface area contributed by atoms with E-state index >= 15 is 0 Å². The smallest absolute Gasteiger partial charge is 0.343 e. The Kier molecular flexibility index (Phi) is 14.7. The van der Waals surface area contributed by atoms with Crippen molar-refractivity contribution in [2.45, 2.75) is 58.3 Å². The Labute approximate surface area is 341 Å². The maximum Gasteiger partial charge on any atom is 0.343 e. The predicted molar refractivity (Wildman–Crippen MR) is 220 cm³/mol. The summed E-state index contributed by atoms with van der Waals surface area (Å²) in [7, 11) is 0. The van der Waals surface area contributed by atoms with Gasteiger partial charge in [-0.2, -0.15) is 0 Å². The number of hydrogen-bond acceptors (Lipinski definition) is 12. The number of nitrogens with zero attached hydrogens (tertiary/aromatic N) is 2. The van der Waals surface area contributed by atoms with Gasteiger partial charge in [0.25, 0.3) is 0 Å². The molecule has 6 aromatic rings. The van der Waals surface area contributed by atoms with Crippen molar-refractivity contribution in [3.8, 4) is 40.1 Å². The average molecular weight is 797 g/mol. The molecule has 0 fully saturated rings. The van der Waals surface area contributed by atoms with E-state index in [1.54, 1.807) is 72.9 Å². The highest BCUT2D eigenvalue weighted by Gasteiger charge is 2.15. The number of phenolic OH excluding ortho intramolecular Hbond substituents is 1. The van der Waals surface area contributed by atoms with E-state index in [1.807, 2.05) is 43.3 Å². The molecule has 0 aliphatic heterocycles. The second kappa shape index (κ2) is 20.9. The van der Waals surface area contributed by atoms with Crippen LogP contribution in [0.2, 0.25) is 0 Å². The van der Waals surface area contributed by atoms with E-state index < -0.39 is 23.9 Å². The van der Waals surface area contributed by atoms with Gasteiger partial charge in [0.1, 0.15) is 28.7 Å². The number of rotatable bonds is 19. The van der Waals surface area contributed by atoms with Crippen LogP contribution in [-0.4, -0.2) is 52.2 Å². The zero-order valence-electron chi connectivity index (χ0n) is 32.6. The van der Waals surface area contributed by atoms with Crippen molar-refractivity contribution in [1.29, 1.82) is 0 Å². The zero-order valence-corrected chi connectivity index (χ0v) is 32.6. The van der Waals surface area contributed by atoms with Gasteiger partial charge in [0, 0.05) is 17.6 Å². The van der Waals surface area contributed by atoms with E-state index in [9.17, 15) is 24.3 Å². The van der Waals surface area contributed by atoms with Gasteiger partial charge < -0.3 is 28.8 Å². The Hall–Kier alpha value is -7.08. The Morgan fingerprint density at radius 2 is 1.14 bits per heavy atom. The van der Waals surface area contributed by atoms with E-state index in [0.29, 0.717) is 46.4 Å². The quantitative estimate of drug-likeness (QED) is 0.0471. The molecule has 12 heteroatoms. The minimum absolute atomic E-state index is 0.105. The molecule has 5 aromatic carbocycles. The number of esters is 4. The van der Waals surface area contributed by atoms with E-state index in [1.165, 1.54) is 12.1 Å². The second-order valence-corrected chi connectivity index (χ2v) is 13.7. The standard InChI is InChI=1S/C47H44N2O10/c1-32-12-14-33(15-13-32)46(53)58-37-20-22-38(23-21-37)59-47(54)34-16-18-36(19-17-34)55-28-8-4-2-3-5-9-29-56-43(51)26-27-44(52)57-39-24-25-40(42(50)30-39)45-48-31-35-10-6-7-11-41(35)49-45/h6-7,10-25,30-31,50H,2-5,8-9,26-29H2,1H3. The summed E-state index contributed by atoms with van der Waals surface area (Å²) >= 11 is 0. The van der Waals surface area contributed by atoms with Gasteiger partial charge >= 0.3 is 23.9 Å². The minimum Gasteiger partial charge on any atom is -0.507 e. The highest BCUT2D eigenvalue weighted by atomic mass is 16.5. The first-order chi connectivity index (χ1) is 28.7. The number of hydrogen-bond donors (Lipinski definition) is 1. The van der Waals surface area contributed by atoms with Gasteiger partial charge in [-0.1, -0.05) is 61.6 Å². The lowest BCUT2D eigenvalue weighted by molar-refractivity contribution is -0.147. The zero-order chi connectivity index (χ0) is 41.4. The number of ether oxygens (including phenoxy) is 5. The number of aromatic nitrogens is 2. The van der Waals surface area contributed by atoms with E-state index in [-0.39, 0.29) is 30.9 Å². The maximum atomic E-state index is 12.6.